The van der Waals surface area contributed by atoms with E-state index in [1.165, 1.54) is 7.11 Å². The molecule has 1 unspecified atom stereocenters. The van der Waals surface area contributed by atoms with Crippen LogP contribution in [0, 0.1) is 11.8 Å². The Hall–Kier alpha value is -1.06. The summed E-state index contributed by atoms with van der Waals surface area (Å²) in [5.74, 6) is -0.110. The first-order valence-electron chi connectivity index (χ1n) is 5.96. The number of carbonyl (C=O) groups excluding carboxylic acids is 2. The van der Waals surface area contributed by atoms with Crippen molar-refractivity contribution < 1.29 is 14.3 Å². The summed E-state index contributed by atoms with van der Waals surface area (Å²) in [6, 6.07) is 0. The van der Waals surface area contributed by atoms with Gasteiger partial charge in [0.2, 0.25) is 5.91 Å². The molecule has 92 valence electrons. The fraction of sp³-hybridized carbons (Fsp3) is 0.833. The highest BCUT2D eigenvalue weighted by Gasteiger charge is 2.30. The van der Waals surface area contributed by atoms with Crippen LogP contribution in [0.15, 0.2) is 0 Å². The highest BCUT2D eigenvalue weighted by atomic mass is 16.5. The minimum atomic E-state index is -0.193. The molecule has 1 heterocycles. The maximum Gasteiger partial charge on any atom is 0.310 e. The molecule has 1 aliphatic heterocycles. The predicted octanol–water partition coefficient (Wildman–Crippen LogP) is 1.44. The number of esters is 1. The molecular formula is C12H21NO3. The van der Waals surface area contributed by atoms with Crippen LogP contribution in [0.25, 0.3) is 0 Å². The van der Waals surface area contributed by atoms with Crippen molar-refractivity contribution in [3.63, 3.8) is 0 Å². The third-order valence-corrected chi connectivity index (χ3v) is 3.30. The summed E-state index contributed by atoms with van der Waals surface area (Å²) < 4.78 is 4.73. The highest BCUT2D eigenvalue weighted by molar-refractivity contribution is 5.80. The van der Waals surface area contributed by atoms with Gasteiger partial charge in [-0.2, -0.15) is 0 Å². The first-order chi connectivity index (χ1) is 7.60. The summed E-state index contributed by atoms with van der Waals surface area (Å²) >= 11 is 0. The lowest BCUT2D eigenvalue weighted by atomic mass is 9.96. The van der Waals surface area contributed by atoms with Gasteiger partial charge in [0, 0.05) is 19.0 Å². The molecular weight excluding hydrogens is 206 g/mol. The Labute approximate surface area is 96.9 Å². The Morgan fingerprint density at radius 3 is 2.75 bits per heavy atom. The minimum absolute atomic E-state index is 0.0522. The van der Waals surface area contributed by atoms with E-state index in [1.807, 2.05) is 13.8 Å². The monoisotopic (exact) mass is 227 g/mol. The standard InChI is InChI=1S/C12H21NO3/c1-4-9(2)11(14)13-7-5-6-10(8-13)12(15)16-3/h9-10H,4-8H2,1-3H3/t9?,10-/m0/s1. The van der Waals surface area contributed by atoms with E-state index in [9.17, 15) is 9.59 Å². The summed E-state index contributed by atoms with van der Waals surface area (Å²) in [5.41, 5.74) is 0. The van der Waals surface area contributed by atoms with Gasteiger partial charge >= 0.3 is 5.97 Å². The lowest BCUT2D eigenvalue weighted by molar-refractivity contribution is -0.149. The van der Waals surface area contributed by atoms with Crippen LogP contribution in [-0.2, 0) is 14.3 Å². The quantitative estimate of drug-likeness (QED) is 0.685. The van der Waals surface area contributed by atoms with Crippen molar-refractivity contribution in [2.24, 2.45) is 11.8 Å². The molecule has 4 heteroatoms. The maximum absolute atomic E-state index is 12.0. The third kappa shape index (κ3) is 2.97. The van der Waals surface area contributed by atoms with E-state index >= 15 is 0 Å². The Morgan fingerprint density at radius 2 is 2.19 bits per heavy atom. The van der Waals surface area contributed by atoms with Crippen LogP contribution in [0.4, 0.5) is 0 Å². The fourth-order valence-electron chi connectivity index (χ4n) is 2.02. The Morgan fingerprint density at radius 1 is 1.50 bits per heavy atom. The van der Waals surface area contributed by atoms with Crippen molar-refractivity contribution >= 4 is 11.9 Å². The van der Waals surface area contributed by atoms with Crippen molar-refractivity contribution in [2.45, 2.75) is 33.1 Å². The van der Waals surface area contributed by atoms with Crippen molar-refractivity contribution in [3.8, 4) is 0 Å². The molecule has 0 aromatic heterocycles. The van der Waals surface area contributed by atoms with Crippen LogP contribution < -0.4 is 0 Å². The van der Waals surface area contributed by atoms with E-state index in [0.29, 0.717) is 6.54 Å². The molecule has 0 aromatic carbocycles. The lowest BCUT2D eigenvalue weighted by Gasteiger charge is -2.32. The average Bonchev–Trinajstić information content (AvgIpc) is 2.36. The average molecular weight is 227 g/mol. The smallest absolute Gasteiger partial charge is 0.310 e. The number of rotatable bonds is 3. The molecule has 0 saturated carbocycles. The Bertz CT molecular complexity index is 265. The first kappa shape index (κ1) is 13.0. The van der Waals surface area contributed by atoms with Crippen molar-refractivity contribution in [1.82, 2.24) is 4.90 Å². The van der Waals surface area contributed by atoms with Crippen LogP contribution in [0.3, 0.4) is 0 Å². The number of methoxy groups -OCH3 is 1. The normalized spacial score (nSPS) is 22.7. The second-order valence-corrected chi connectivity index (χ2v) is 4.46. The molecule has 0 radical (unpaired) electrons. The number of piperidine rings is 1. The molecule has 4 nitrogen and oxygen atoms in total. The molecule has 0 aromatic rings. The van der Waals surface area contributed by atoms with E-state index < -0.39 is 0 Å². The number of amides is 1. The number of likely N-dealkylation sites (tertiary alicyclic amines) is 1. The molecule has 0 spiro atoms. The number of nitrogens with zero attached hydrogens (tertiary/aromatic N) is 1. The number of hydrogen-bond donors (Lipinski definition) is 0. The number of carbonyl (C=O) groups is 2. The largest absolute Gasteiger partial charge is 0.469 e. The second-order valence-electron chi connectivity index (χ2n) is 4.46. The first-order valence-corrected chi connectivity index (χ1v) is 5.96. The van der Waals surface area contributed by atoms with E-state index in [-0.39, 0.29) is 23.7 Å². The van der Waals surface area contributed by atoms with Crippen LogP contribution in [0.2, 0.25) is 0 Å². The third-order valence-electron chi connectivity index (χ3n) is 3.30. The molecule has 1 rings (SSSR count). The maximum atomic E-state index is 12.0. The molecule has 1 saturated heterocycles. The van der Waals surface area contributed by atoms with Gasteiger partial charge in [-0.15, -0.1) is 0 Å². The van der Waals surface area contributed by atoms with Crippen LogP contribution in [-0.4, -0.2) is 37.0 Å². The van der Waals surface area contributed by atoms with Gasteiger partial charge in [0.15, 0.2) is 0 Å². The predicted molar refractivity (Wildman–Crippen MR) is 60.8 cm³/mol. The Balaban J connectivity index is 2.56. The second kappa shape index (κ2) is 5.87. The molecule has 2 atom stereocenters. The molecule has 1 aliphatic rings. The van der Waals surface area contributed by atoms with E-state index in [0.717, 1.165) is 25.8 Å². The van der Waals surface area contributed by atoms with Gasteiger partial charge in [-0.25, -0.2) is 0 Å². The number of hydrogen-bond acceptors (Lipinski definition) is 3. The molecule has 1 fully saturated rings. The van der Waals surface area contributed by atoms with Gasteiger partial charge in [0.1, 0.15) is 0 Å². The highest BCUT2D eigenvalue weighted by Crippen LogP contribution is 2.20. The zero-order valence-corrected chi connectivity index (χ0v) is 10.4. The zero-order valence-electron chi connectivity index (χ0n) is 10.4. The Kier molecular flexibility index (Phi) is 4.77. The summed E-state index contributed by atoms with van der Waals surface area (Å²) in [4.78, 5) is 25.2. The van der Waals surface area contributed by atoms with Crippen LogP contribution in [0.5, 0.6) is 0 Å². The summed E-state index contributed by atoms with van der Waals surface area (Å²) in [6.07, 6.45) is 2.57. The summed E-state index contributed by atoms with van der Waals surface area (Å²) in [5, 5.41) is 0. The molecule has 0 N–H and O–H groups in total. The SMILES string of the molecule is CCC(C)C(=O)N1CCC[C@H](C(=O)OC)C1. The van der Waals surface area contributed by atoms with Gasteiger partial charge in [-0.1, -0.05) is 13.8 Å². The topological polar surface area (TPSA) is 46.6 Å². The van der Waals surface area contributed by atoms with Crippen LogP contribution >= 0.6 is 0 Å². The molecule has 0 bridgehead atoms. The van der Waals surface area contributed by atoms with Crippen molar-refractivity contribution in [1.29, 1.82) is 0 Å². The summed E-state index contributed by atoms with van der Waals surface area (Å²) in [6.45, 7) is 5.24. The fourth-order valence-corrected chi connectivity index (χ4v) is 2.02. The van der Waals surface area contributed by atoms with Gasteiger partial charge in [-0.05, 0) is 19.3 Å². The molecule has 16 heavy (non-hydrogen) atoms. The van der Waals surface area contributed by atoms with Crippen molar-refractivity contribution in [2.75, 3.05) is 20.2 Å². The molecule has 0 aliphatic carbocycles. The lowest BCUT2D eigenvalue weighted by Crippen LogP contribution is -2.44. The number of ether oxygens (including phenoxy) is 1. The van der Waals surface area contributed by atoms with Gasteiger partial charge in [-0.3, -0.25) is 9.59 Å². The van der Waals surface area contributed by atoms with E-state index in [2.05, 4.69) is 0 Å². The molecule has 1 amide bonds. The van der Waals surface area contributed by atoms with Gasteiger partial charge < -0.3 is 9.64 Å². The van der Waals surface area contributed by atoms with Crippen molar-refractivity contribution in [3.05, 3.63) is 0 Å². The minimum Gasteiger partial charge on any atom is -0.469 e. The summed E-state index contributed by atoms with van der Waals surface area (Å²) in [7, 11) is 1.40. The van der Waals surface area contributed by atoms with Gasteiger partial charge in [0.05, 0.1) is 13.0 Å². The van der Waals surface area contributed by atoms with E-state index in [1.54, 1.807) is 4.90 Å². The zero-order chi connectivity index (χ0) is 12.1. The van der Waals surface area contributed by atoms with E-state index in [4.69, 9.17) is 4.74 Å². The van der Waals surface area contributed by atoms with Gasteiger partial charge in [0.25, 0.3) is 0 Å². The van der Waals surface area contributed by atoms with Crippen LogP contribution in [0.1, 0.15) is 33.1 Å².